The van der Waals surface area contributed by atoms with E-state index in [0.717, 1.165) is 42.2 Å². The van der Waals surface area contributed by atoms with Crippen molar-refractivity contribution in [3.05, 3.63) is 60.3 Å². The number of hydrogen-bond donors (Lipinski definition) is 1. The summed E-state index contributed by atoms with van der Waals surface area (Å²) < 4.78 is 34.6. The molecule has 10 heteroatoms. The van der Waals surface area contributed by atoms with Gasteiger partial charge in [0.25, 0.3) is 0 Å². The number of pyridine rings is 1. The third kappa shape index (κ3) is 4.73. The number of rotatable bonds is 6. The molecular formula is C28H30N4O5S. The fourth-order valence-corrected chi connectivity index (χ4v) is 7.11. The molecule has 1 saturated carbocycles. The molecule has 1 amide bonds. The Hall–Kier alpha value is -3.18. The van der Waals surface area contributed by atoms with E-state index in [-0.39, 0.29) is 4.90 Å². The van der Waals surface area contributed by atoms with Crippen LogP contribution in [0.25, 0.3) is 22.0 Å². The third-order valence-corrected chi connectivity index (χ3v) is 9.86. The molecule has 1 atom stereocenters. The van der Waals surface area contributed by atoms with Gasteiger partial charge in [-0.15, -0.1) is 0 Å². The zero-order chi connectivity index (χ0) is 26.5. The molecule has 2 N–H and O–H groups in total. The number of hydrogen-bond acceptors (Lipinski definition) is 7. The van der Waals surface area contributed by atoms with E-state index in [4.69, 9.17) is 10.5 Å². The Bertz CT molecular complexity index is 1500. The summed E-state index contributed by atoms with van der Waals surface area (Å²) in [4.78, 5) is 29.9. The van der Waals surface area contributed by atoms with Gasteiger partial charge in [-0.05, 0) is 61.1 Å². The maximum atomic E-state index is 13.4. The Balaban J connectivity index is 1.16. The zero-order valence-electron chi connectivity index (χ0n) is 21.0. The highest BCUT2D eigenvalue weighted by atomic mass is 32.2. The van der Waals surface area contributed by atoms with Crippen LogP contribution in [0.3, 0.4) is 0 Å². The predicted octanol–water partition coefficient (Wildman–Crippen LogP) is 2.59. The molecule has 3 aromatic rings. The zero-order valence-corrected chi connectivity index (χ0v) is 21.8. The van der Waals surface area contributed by atoms with Crippen LogP contribution in [-0.4, -0.2) is 78.7 Å². The monoisotopic (exact) mass is 534 g/mol. The van der Waals surface area contributed by atoms with Gasteiger partial charge in [-0.1, -0.05) is 24.3 Å². The Morgan fingerprint density at radius 2 is 1.76 bits per heavy atom. The van der Waals surface area contributed by atoms with Crippen LogP contribution < -0.4 is 5.73 Å². The topological polar surface area (TPSA) is 123 Å². The van der Waals surface area contributed by atoms with Gasteiger partial charge in [0.15, 0.2) is 0 Å². The Kier molecular flexibility index (Phi) is 6.30. The van der Waals surface area contributed by atoms with Crippen LogP contribution in [0, 0.1) is 0 Å². The molecule has 1 spiro atoms. The molecule has 2 aromatic carbocycles. The molecular weight excluding hydrogens is 504 g/mol. The number of piperidine rings is 1. The van der Waals surface area contributed by atoms with Gasteiger partial charge in [-0.3, -0.25) is 14.7 Å². The number of ether oxygens (including phenoxy) is 1. The predicted molar refractivity (Wildman–Crippen MR) is 142 cm³/mol. The van der Waals surface area contributed by atoms with Gasteiger partial charge in [0.2, 0.25) is 15.9 Å². The highest BCUT2D eigenvalue weighted by Gasteiger charge is 2.47. The maximum Gasteiger partial charge on any atom is 0.250 e. The highest BCUT2D eigenvalue weighted by Crippen LogP contribution is 2.38. The Morgan fingerprint density at radius 1 is 1.05 bits per heavy atom. The van der Waals surface area contributed by atoms with Crippen LogP contribution in [0.1, 0.15) is 36.0 Å². The maximum absolute atomic E-state index is 13.4. The van der Waals surface area contributed by atoms with Gasteiger partial charge >= 0.3 is 0 Å². The SMILES string of the molecule is NC(=O)c1cnc2cc(-c3ccc(S(=O)(=O)N4CCC5(CC4)CN(C4CC4)CC(C=O)O5)cc3)ccc2c1. The van der Waals surface area contributed by atoms with Crippen LogP contribution in [0.2, 0.25) is 0 Å². The number of nitrogens with zero attached hydrogens (tertiary/aromatic N) is 3. The van der Waals surface area contributed by atoms with Crippen molar-refractivity contribution in [1.82, 2.24) is 14.2 Å². The number of morpholine rings is 1. The molecule has 1 unspecified atom stereocenters. The van der Waals surface area contributed by atoms with Crippen molar-refractivity contribution < 1.29 is 22.7 Å². The lowest BCUT2D eigenvalue weighted by molar-refractivity contribution is -0.174. The molecule has 2 saturated heterocycles. The summed E-state index contributed by atoms with van der Waals surface area (Å²) in [7, 11) is -3.66. The van der Waals surface area contributed by atoms with Gasteiger partial charge in [-0.25, -0.2) is 8.42 Å². The lowest BCUT2D eigenvalue weighted by Crippen LogP contribution is -2.60. The van der Waals surface area contributed by atoms with Crippen molar-refractivity contribution in [1.29, 1.82) is 0 Å². The number of aromatic nitrogens is 1. The minimum atomic E-state index is -3.66. The summed E-state index contributed by atoms with van der Waals surface area (Å²) >= 11 is 0. The molecule has 6 rings (SSSR count). The highest BCUT2D eigenvalue weighted by molar-refractivity contribution is 7.89. The molecule has 0 radical (unpaired) electrons. The minimum absolute atomic E-state index is 0.247. The fraction of sp³-hybridized carbons (Fsp3) is 0.393. The van der Waals surface area contributed by atoms with Crippen molar-refractivity contribution in [2.75, 3.05) is 26.2 Å². The van der Waals surface area contributed by atoms with Crippen molar-refractivity contribution in [3.8, 4) is 11.1 Å². The smallest absolute Gasteiger partial charge is 0.250 e. The summed E-state index contributed by atoms with van der Waals surface area (Å²) in [5.74, 6) is -0.527. The molecule has 9 nitrogen and oxygen atoms in total. The number of fused-ring (bicyclic) bond motifs is 1. The first-order valence-corrected chi connectivity index (χ1v) is 14.4. The van der Waals surface area contributed by atoms with E-state index in [1.54, 1.807) is 30.3 Å². The second-order valence-corrected chi connectivity index (χ2v) is 12.5. The quantitative estimate of drug-likeness (QED) is 0.482. The average molecular weight is 535 g/mol. The summed E-state index contributed by atoms with van der Waals surface area (Å²) in [6.07, 6.45) is 5.33. The number of aldehydes is 1. The van der Waals surface area contributed by atoms with Crippen LogP contribution in [0.4, 0.5) is 0 Å². The van der Waals surface area contributed by atoms with Gasteiger partial charge in [0.1, 0.15) is 12.4 Å². The number of carbonyl (C=O) groups is 2. The van der Waals surface area contributed by atoms with E-state index in [2.05, 4.69) is 9.88 Å². The molecule has 3 fully saturated rings. The van der Waals surface area contributed by atoms with Gasteiger partial charge in [-0.2, -0.15) is 4.31 Å². The van der Waals surface area contributed by atoms with Crippen molar-refractivity contribution >= 4 is 33.1 Å². The largest absolute Gasteiger partial charge is 0.366 e. The molecule has 198 valence electrons. The molecule has 0 bridgehead atoms. The van der Waals surface area contributed by atoms with Crippen LogP contribution >= 0.6 is 0 Å². The van der Waals surface area contributed by atoms with E-state index in [1.165, 1.54) is 10.5 Å². The minimum Gasteiger partial charge on any atom is -0.366 e. The van der Waals surface area contributed by atoms with Crippen molar-refractivity contribution in [3.63, 3.8) is 0 Å². The number of carbonyl (C=O) groups excluding carboxylic acids is 2. The summed E-state index contributed by atoms with van der Waals surface area (Å²) in [5.41, 5.74) is 7.69. The standard InChI is InChI=1S/C28H30N4O5S/c29-27(34)22-13-21-2-1-20(14-26(21)30-15-22)19-3-7-25(8-4-19)38(35,36)32-11-9-28(10-12-32)18-31(23-5-6-23)16-24(17-33)37-28/h1-4,7-8,13-15,17,23-24H,5-6,9-12,16,18H2,(H2,29,34). The number of nitrogens with two attached hydrogens (primary N) is 1. The fourth-order valence-electron chi connectivity index (χ4n) is 5.66. The molecule has 38 heavy (non-hydrogen) atoms. The molecule has 1 aromatic heterocycles. The lowest BCUT2D eigenvalue weighted by atomic mass is 9.89. The average Bonchev–Trinajstić information content (AvgIpc) is 3.78. The molecule has 3 aliphatic rings. The first kappa shape index (κ1) is 25.1. The number of primary amides is 1. The van der Waals surface area contributed by atoms with Crippen molar-refractivity contribution in [2.45, 2.75) is 48.3 Å². The summed E-state index contributed by atoms with van der Waals surface area (Å²) in [6.45, 7) is 2.11. The molecule has 3 heterocycles. The van der Waals surface area contributed by atoms with Crippen LogP contribution in [0.15, 0.2) is 59.6 Å². The normalized spacial score (nSPS) is 22.5. The second kappa shape index (κ2) is 9.53. The Labute approximate surface area is 221 Å². The number of amides is 1. The van der Waals surface area contributed by atoms with E-state index in [9.17, 15) is 18.0 Å². The van der Waals surface area contributed by atoms with Crippen molar-refractivity contribution in [2.24, 2.45) is 5.73 Å². The van der Waals surface area contributed by atoms with Gasteiger partial charge in [0.05, 0.1) is 21.6 Å². The first-order valence-electron chi connectivity index (χ1n) is 12.9. The van der Waals surface area contributed by atoms with E-state index in [1.807, 2.05) is 18.2 Å². The molecule has 1 aliphatic carbocycles. The lowest BCUT2D eigenvalue weighted by Gasteiger charge is -2.49. The first-order chi connectivity index (χ1) is 18.3. The van der Waals surface area contributed by atoms with Gasteiger partial charge in [0, 0.05) is 43.8 Å². The summed E-state index contributed by atoms with van der Waals surface area (Å²) in [6, 6.07) is 14.8. The number of sulfonamides is 1. The van der Waals surface area contributed by atoms with Gasteiger partial charge < -0.3 is 15.3 Å². The van der Waals surface area contributed by atoms with E-state index in [0.29, 0.717) is 49.6 Å². The van der Waals surface area contributed by atoms with E-state index >= 15 is 0 Å². The van der Waals surface area contributed by atoms with Crippen LogP contribution in [-0.2, 0) is 19.6 Å². The number of benzene rings is 2. The Morgan fingerprint density at radius 3 is 2.42 bits per heavy atom. The third-order valence-electron chi connectivity index (χ3n) is 7.95. The van der Waals surface area contributed by atoms with E-state index < -0.39 is 27.6 Å². The molecule has 2 aliphatic heterocycles. The second-order valence-electron chi connectivity index (χ2n) is 10.6. The van der Waals surface area contributed by atoms with Crippen LogP contribution in [0.5, 0.6) is 0 Å². The summed E-state index contributed by atoms with van der Waals surface area (Å²) in [5, 5.41) is 0.800.